The average Bonchev–Trinajstić information content (AvgIpc) is 3.58. The zero-order valence-corrected chi connectivity index (χ0v) is 17.9. The zero-order valence-electron chi connectivity index (χ0n) is 17.9. The molecule has 1 heterocycles. The first-order valence-electron chi connectivity index (χ1n) is 11.3. The van der Waals surface area contributed by atoms with Gasteiger partial charge >= 0.3 is 0 Å². The fourth-order valence-corrected chi connectivity index (χ4v) is 4.95. The van der Waals surface area contributed by atoms with Crippen LogP contribution in [0.1, 0.15) is 43.7 Å². The second-order valence-electron chi connectivity index (χ2n) is 9.42. The molecule has 0 unspecified atom stereocenters. The number of para-hydroxylation sites is 1. The van der Waals surface area contributed by atoms with Crippen LogP contribution in [-0.4, -0.2) is 24.5 Å². The number of rotatable bonds is 6. The van der Waals surface area contributed by atoms with Crippen molar-refractivity contribution in [2.75, 3.05) is 19.6 Å². The number of benzene rings is 3. The van der Waals surface area contributed by atoms with E-state index >= 15 is 0 Å². The third-order valence-electron chi connectivity index (χ3n) is 7.26. The van der Waals surface area contributed by atoms with Gasteiger partial charge in [-0.1, -0.05) is 67.6 Å². The van der Waals surface area contributed by atoms with Crippen LogP contribution in [-0.2, 0) is 10.8 Å². The molecule has 0 atom stereocenters. The van der Waals surface area contributed by atoms with E-state index in [4.69, 9.17) is 4.74 Å². The lowest BCUT2D eigenvalue weighted by atomic mass is 9.74. The second-order valence-corrected chi connectivity index (χ2v) is 9.42. The Morgan fingerprint density at radius 2 is 1.23 bits per heavy atom. The van der Waals surface area contributed by atoms with Crippen LogP contribution in [0.25, 0.3) is 0 Å². The zero-order chi connectivity index (χ0) is 20.4. The molecule has 3 aromatic carbocycles. The molecule has 5 rings (SSSR count). The van der Waals surface area contributed by atoms with Gasteiger partial charge in [-0.15, -0.1) is 0 Å². The van der Waals surface area contributed by atoms with Crippen LogP contribution in [0.3, 0.4) is 0 Å². The minimum Gasteiger partial charge on any atom is -0.457 e. The number of nitrogens with zero attached hydrogens (tertiary/aromatic N) is 1. The van der Waals surface area contributed by atoms with Crippen molar-refractivity contribution < 1.29 is 4.74 Å². The van der Waals surface area contributed by atoms with E-state index in [2.05, 4.69) is 66.4 Å². The summed E-state index contributed by atoms with van der Waals surface area (Å²) in [7, 11) is 0. The molecule has 30 heavy (non-hydrogen) atoms. The second kappa shape index (κ2) is 7.92. The normalized spacial score (nSPS) is 19.9. The molecule has 1 saturated carbocycles. The van der Waals surface area contributed by atoms with E-state index in [1.54, 1.807) is 0 Å². The average molecular weight is 398 g/mol. The smallest absolute Gasteiger partial charge is 0.127 e. The highest BCUT2D eigenvalue weighted by Crippen LogP contribution is 2.49. The summed E-state index contributed by atoms with van der Waals surface area (Å²) in [4.78, 5) is 2.70. The van der Waals surface area contributed by atoms with Crippen LogP contribution < -0.4 is 4.74 Å². The molecule has 3 aromatic rings. The van der Waals surface area contributed by atoms with Crippen LogP contribution in [0.4, 0.5) is 0 Å². The molecule has 2 nitrogen and oxygen atoms in total. The summed E-state index contributed by atoms with van der Waals surface area (Å²) in [5.74, 6) is 1.79. The van der Waals surface area contributed by atoms with Crippen LogP contribution in [0.15, 0.2) is 84.9 Å². The van der Waals surface area contributed by atoms with E-state index in [-0.39, 0.29) is 5.41 Å². The standard InChI is InChI=1S/C28H31NO/c1-27(23-12-14-26(15-13-23)30-25-10-6-3-7-11-25)18-20-29(21-19-27)22-28(16-17-28)24-8-4-2-5-9-24/h2-15H,16-22H2,1H3. The Morgan fingerprint density at radius 3 is 1.83 bits per heavy atom. The number of likely N-dealkylation sites (tertiary alicyclic amines) is 1. The van der Waals surface area contributed by atoms with Crippen LogP contribution >= 0.6 is 0 Å². The van der Waals surface area contributed by atoms with Gasteiger partial charge in [0.05, 0.1) is 0 Å². The molecule has 2 fully saturated rings. The third kappa shape index (κ3) is 4.02. The lowest BCUT2D eigenvalue weighted by molar-refractivity contribution is 0.156. The molecule has 154 valence electrons. The molecular formula is C28H31NO. The molecule has 0 aromatic heterocycles. The van der Waals surface area contributed by atoms with E-state index in [0.29, 0.717) is 5.41 Å². The molecule has 0 bridgehead atoms. The van der Waals surface area contributed by atoms with E-state index in [0.717, 1.165) is 11.5 Å². The van der Waals surface area contributed by atoms with Crippen molar-refractivity contribution in [3.05, 3.63) is 96.1 Å². The number of hydrogen-bond donors (Lipinski definition) is 0. The van der Waals surface area contributed by atoms with Crippen LogP contribution in [0.5, 0.6) is 11.5 Å². The maximum absolute atomic E-state index is 5.97. The van der Waals surface area contributed by atoms with Gasteiger partial charge in [0.1, 0.15) is 11.5 Å². The van der Waals surface area contributed by atoms with Crippen molar-refractivity contribution in [3.8, 4) is 11.5 Å². The van der Waals surface area contributed by atoms with E-state index in [1.165, 1.54) is 56.4 Å². The topological polar surface area (TPSA) is 12.5 Å². The lowest BCUT2D eigenvalue weighted by Crippen LogP contribution is -2.44. The van der Waals surface area contributed by atoms with Crippen molar-refractivity contribution in [1.29, 1.82) is 0 Å². The Bertz CT molecular complexity index is 953. The van der Waals surface area contributed by atoms with Gasteiger partial charge < -0.3 is 9.64 Å². The largest absolute Gasteiger partial charge is 0.457 e. The fourth-order valence-electron chi connectivity index (χ4n) is 4.95. The first-order valence-corrected chi connectivity index (χ1v) is 11.3. The molecule has 1 aliphatic heterocycles. The van der Waals surface area contributed by atoms with Gasteiger partial charge in [-0.25, -0.2) is 0 Å². The van der Waals surface area contributed by atoms with Gasteiger partial charge in [-0.2, -0.15) is 0 Å². The number of ether oxygens (including phenoxy) is 1. The lowest BCUT2D eigenvalue weighted by Gasteiger charge is -2.41. The summed E-state index contributed by atoms with van der Waals surface area (Å²) in [6, 6.07) is 29.9. The van der Waals surface area contributed by atoms with Crippen LogP contribution in [0, 0.1) is 0 Å². The molecule has 0 amide bonds. The van der Waals surface area contributed by atoms with Gasteiger partial charge in [0.15, 0.2) is 0 Å². The molecule has 0 spiro atoms. The fraction of sp³-hybridized carbons (Fsp3) is 0.357. The van der Waals surface area contributed by atoms with Crippen molar-refractivity contribution in [1.82, 2.24) is 4.90 Å². The maximum atomic E-state index is 5.97. The van der Waals surface area contributed by atoms with Crippen molar-refractivity contribution in [2.24, 2.45) is 0 Å². The Balaban J connectivity index is 1.20. The third-order valence-corrected chi connectivity index (χ3v) is 7.26. The molecule has 0 radical (unpaired) electrons. The summed E-state index contributed by atoms with van der Waals surface area (Å²) < 4.78 is 5.97. The van der Waals surface area contributed by atoms with E-state index < -0.39 is 0 Å². The first kappa shape index (κ1) is 19.4. The monoisotopic (exact) mass is 397 g/mol. The Labute approximate surface area is 180 Å². The molecule has 2 aliphatic rings. The van der Waals surface area contributed by atoms with Gasteiger partial charge in [0.25, 0.3) is 0 Å². The van der Waals surface area contributed by atoms with Crippen molar-refractivity contribution in [3.63, 3.8) is 0 Å². The maximum Gasteiger partial charge on any atom is 0.127 e. The quantitative estimate of drug-likeness (QED) is 0.467. The molecular weight excluding hydrogens is 366 g/mol. The van der Waals surface area contributed by atoms with E-state index in [1.807, 2.05) is 30.3 Å². The molecule has 1 saturated heterocycles. The molecule has 1 aliphatic carbocycles. The summed E-state index contributed by atoms with van der Waals surface area (Å²) in [5, 5.41) is 0. The van der Waals surface area contributed by atoms with Crippen molar-refractivity contribution >= 4 is 0 Å². The predicted octanol–water partition coefficient (Wildman–Crippen LogP) is 6.56. The van der Waals surface area contributed by atoms with Crippen LogP contribution in [0.2, 0.25) is 0 Å². The molecule has 0 N–H and O–H groups in total. The first-order chi connectivity index (χ1) is 14.7. The molecule has 2 heteroatoms. The summed E-state index contributed by atoms with van der Waals surface area (Å²) in [6.07, 6.45) is 5.12. The predicted molar refractivity (Wildman–Crippen MR) is 123 cm³/mol. The van der Waals surface area contributed by atoms with Gasteiger partial charge in [-0.3, -0.25) is 0 Å². The minimum absolute atomic E-state index is 0.255. The Hall–Kier alpha value is -2.58. The Kier molecular flexibility index (Phi) is 5.12. The Morgan fingerprint density at radius 1 is 0.667 bits per heavy atom. The summed E-state index contributed by atoms with van der Waals surface area (Å²) >= 11 is 0. The number of hydrogen-bond acceptors (Lipinski definition) is 2. The van der Waals surface area contributed by atoms with E-state index in [9.17, 15) is 0 Å². The van der Waals surface area contributed by atoms with Gasteiger partial charge in [-0.05, 0) is 79.6 Å². The van der Waals surface area contributed by atoms with Gasteiger partial charge in [0, 0.05) is 12.0 Å². The summed E-state index contributed by atoms with van der Waals surface area (Å²) in [6.45, 7) is 6.03. The SMILES string of the molecule is CC1(c2ccc(Oc3ccccc3)cc2)CCN(CC2(c3ccccc3)CC2)CC1. The number of piperidine rings is 1. The minimum atomic E-state index is 0.255. The van der Waals surface area contributed by atoms with Crippen molar-refractivity contribution in [2.45, 2.75) is 43.4 Å². The highest BCUT2D eigenvalue weighted by Gasteiger charge is 2.46. The summed E-state index contributed by atoms with van der Waals surface area (Å²) in [5.41, 5.74) is 3.65. The van der Waals surface area contributed by atoms with Gasteiger partial charge in [0.2, 0.25) is 0 Å². The highest BCUT2D eigenvalue weighted by molar-refractivity contribution is 5.36. The highest BCUT2D eigenvalue weighted by atomic mass is 16.5.